The molecule has 19 heavy (non-hydrogen) atoms. The molecule has 0 aliphatic carbocycles. The van der Waals surface area contributed by atoms with Crippen molar-refractivity contribution >= 4 is 0 Å². The highest BCUT2D eigenvalue weighted by molar-refractivity contribution is 4.75. The summed E-state index contributed by atoms with van der Waals surface area (Å²) < 4.78 is 0. The van der Waals surface area contributed by atoms with Crippen molar-refractivity contribution < 1.29 is 0 Å². The average Bonchev–Trinajstić information content (AvgIpc) is 2.28. The van der Waals surface area contributed by atoms with E-state index in [0.717, 1.165) is 24.3 Å². The van der Waals surface area contributed by atoms with Crippen molar-refractivity contribution in [1.29, 1.82) is 0 Å². The van der Waals surface area contributed by atoms with Gasteiger partial charge >= 0.3 is 0 Å². The second-order valence-corrected chi connectivity index (χ2v) is 6.74. The fourth-order valence-corrected chi connectivity index (χ4v) is 2.62. The molecule has 0 fully saturated rings. The van der Waals surface area contributed by atoms with E-state index < -0.39 is 0 Å². The van der Waals surface area contributed by atoms with Crippen LogP contribution in [0.15, 0.2) is 0 Å². The Kier molecular flexibility index (Phi) is 9.67. The van der Waals surface area contributed by atoms with Gasteiger partial charge in [0.15, 0.2) is 0 Å². The van der Waals surface area contributed by atoms with Crippen LogP contribution in [0.25, 0.3) is 0 Å². The molecule has 4 atom stereocenters. The molecule has 0 spiro atoms. The van der Waals surface area contributed by atoms with E-state index in [4.69, 9.17) is 5.73 Å². The Morgan fingerprint density at radius 1 is 0.947 bits per heavy atom. The minimum absolute atomic E-state index is 0.0630. The molecule has 0 saturated carbocycles. The minimum Gasteiger partial charge on any atom is -0.316 e. The van der Waals surface area contributed by atoms with Gasteiger partial charge in [0, 0.05) is 0 Å². The highest BCUT2D eigenvalue weighted by Gasteiger charge is 2.21. The van der Waals surface area contributed by atoms with Crippen LogP contribution in [0.3, 0.4) is 0 Å². The fraction of sp³-hybridized carbons (Fsp3) is 1.00. The molecule has 3 nitrogen and oxygen atoms in total. The lowest BCUT2D eigenvalue weighted by Crippen LogP contribution is -2.53. The summed E-state index contributed by atoms with van der Waals surface area (Å²) in [5.74, 6) is 2.70. The smallest absolute Gasteiger partial charge is 0.0581 e. The molecule has 0 aromatic rings. The Labute approximate surface area is 121 Å². The van der Waals surface area contributed by atoms with Crippen LogP contribution in [0.2, 0.25) is 0 Å². The largest absolute Gasteiger partial charge is 0.316 e. The predicted octanol–water partition coefficient (Wildman–Crippen LogP) is 3.16. The lowest BCUT2D eigenvalue weighted by Gasteiger charge is -2.30. The summed E-state index contributed by atoms with van der Waals surface area (Å²) in [5, 5.41) is 7.01. The van der Waals surface area contributed by atoms with Crippen molar-refractivity contribution in [2.24, 2.45) is 29.4 Å². The second kappa shape index (κ2) is 9.73. The molecule has 0 aliphatic heterocycles. The Morgan fingerprint density at radius 3 is 1.95 bits per heavy atom. The molecule has 0 rings (SSSR count). The SMILES string of the molecule is CCCC(C)C(CNC(C)NC(N)C(C)C)C(C)C. The van der Waals surface area contributed by atoms with Crippen molar-refractivity contribution in [3.8, 4) is 0 Å². The van der Waals surface area contributed by atoms with Gasteiger partial charge in [0.1, 0.15) is 0 Å². The quantitative estimate of drug-likeness (QED) is 0.535. The topological polar surface area (TPSA) is 50.1 Å². The molecule has 116 valence electrons. The molecule has 0 saturated heterocycles. The van der Waals surface area contributed by atoms with E-state index in [1.807, 2.05) is 0 Å². The van der Waals surface area contributed by atoms with Gasteiger partial charge in [-0.05, 0) is 37.1 Å². The molecule has 0 bridgehead atoms. The highest BCUT2D eigenvalue weighted by atomic mass is 15.2. The van der Waals surface area contributed by atoms with Gasteiger partial charge in [-0.15, -0.1) is 0 Å². The van der Waals surface area contributed by atoms with E-state index in [9.17, 15) is 0 Å². The third-order valence-electron chi connectivity index (χ3n) is 4.15. The fourth-order valence-electron chi connectivity index (χ4n) is 2.62. The maximum Gasteiger partial charge on any atom is 0.0581 e. The summed E-state index contributed by atoms with van der Waals surface area (Å²) in [6.45, 7) is 16.8. The van der Waals surface area contributed by atoms with Crippen LogP contribution in [-0.4, -0.2) is 18.9 Å². The summed E-state index contributed by atoms with van der Waals surface area (Å²) in [4.78, 5) is 0. The molecule has 0 heterocycles. The molecule has 0 aromatic carbocycles. The second-order valence-electron chi connectivity index (χ2n) is 6.74. The normalized spacial score (nSPS) is 18.6. The van der Waals surface area contributed by atoms with E-state index in [1.54, 1.807) is 0 Å². The Morgan fingerprint density at radius 2 is 1.53 bits per heavy atom. The Bertz CT molecular complexity index is 216. The van der Waals surface area contributed by atoms with Crippen LogP contribution in [0.4, 0.5) is 0 Å². The first kappa shape index (κ1) is 18.9. The number of rotatable bonds is 10. The number of hydrogen-bond donors (Lipinski definition) is 3. The predicted molar refractivity (Wildman–Crippen MR) is 85.8 cm³/mol. The Balaban J connectivity index is 4.17. The van der Waals surface area contributed by atoms with Gasteiger partial charge in [0.25, 0.3) is 0 Å². The van der Waals surface area contributed by atoms with E-state index >= 15 is 0 Å². The van der Waals surface area contributed by atoms with Crippen molar-refractivity contribution in [1.82, 2.24) is 10.6 Å². The zero-order chi connectivity index (χ0) is 15.0. The number of hydrogen-bond acceptors (Lipinski definition) is 3. The van der Waals surface area contributed by atoms with Crippen LogP contribution >= 0.6 is 0 Å². The lowest BCUT2D eigenvalue weighted by atomic mass is 9.82. The van der Waals surface area contributed by atoms with E-state index in [1.165, 1.54) is 12.8 Å². The van der Waals surface area contributed by atoms with Crippen molar-refractivity contribution in [2.45, 2.75) is 73.6 Å². The minimum atomic E-state index is 0.0630. The van der Waals surface area contributed by atoms with Crippen LogP contribution < -0.4 is 16.4 Å². The maximum absolute atomic E-state index is 6.04. The summed E-state index contributed by atoms with van der Waals surface area (Å²) in [6.07, 6.45) is 2.93. The molecule has 4 unspecified atom stereocenters. The molecule has 4 N–H and O–H groups in total. The molecule has 0 aromatic heterocycles. The van der Waals surface area contributed by atoms with Crippen molar-refractivity contribution in [3.05, 3.63) is 0 Å². The summed E-state index contributed by atoms with van der Waals surface area (Å²) >= 11 is 0. The average molecular weight is 271 g/mol. The van der Waals surface area contributed by atoms with Gasteiger partial charge in [-0.2, -0.15) is 0 Å². The van der Waals surface area contributed by atoms with Gasteiger partial charge in [0.2, 0.25) is 0 Å². The van der Waals surface area contributed by atoms with Crippen LogP contribution in [0.5, 0.6) is 0 Å². The van der Waals surface area contributed by atoms with Gasteiger partial charge < -0.3 is 11.1 Å². The van der Waals surface area contributed by atoms with Gasteiger partial charge in [-0.3, -0.25) is 5.32 Å². The van der Waals surface area contributed by atoms with Crippen molar-refractivity contribution in [3.63, 3.8) is 0 Å². The van der Waals surface area contributed by atoms with Gasteiger partial charge in [-0.25, -0.2) is 0 Å². The molecule has 0 radical (unpaired) electrons. The lowest BCUT2D eigenvalue weighted by molar-refractivity contribution is 0.227. The first-order valence-corrected chi connectivity index (χ1v) is 8.04. The summed E-state index contributed by atoms with van der Waals surface area (Å²) in [6, 6.07) is 0. The molecule has 0 aliphatic rings. The molecular weight excluding hydrogens is 234 g/mol. The molecular formula is C16H37N3. The zero-order valence-corrected chi connectivity index (χ0v) is 14.2. The van der Waals surface area contributed by atoms with Crippen LogP contribution in [-0.2, 0) is 0 Å². The first-order chi connectivity index (χ1) is 8.79. The van der Waals surface area contributed by atoms with Crippen molar-refractivity contribution in [2.75, 3.05) is 6.54 Å². The zero-order valence-electron chi connectivity index (χ0n) is 14.2. The van der Waals surface area contributed by atoms with E-state index in [2.05, 4.69) is 59.1 Å². The third-order valence-corrected chi connectivity index (χ3v) is 4.15. The van der Waals surface area contributed by atoms with E-state index in [-0.39, 0.29) is 12.3 Å². The maximum atomic E-state index is 6.04. The monoisotopic (exact) mass is 271 g/mol. The summed E-state index contributed by atoms with van der Waals surface area (Å²) in [7, 11) is 0. The number of nitrogens with two attached hydrogens (primary N) is 1. The number of nitrogens with one attached hydrogen (secondary N) is 2. The van der Waals surface area contributed by atoms with Gasteiger partial charge in [-0.1, -0.05) is 54.4 Å². The van der Waals surface area contributed by atoms with Crippen LogP contribution in [0.1, 0.15) is 61.3 Å². The first-order valence-electron chi connectivity index (χ1n) is 8.04. The molecule has 3 heteroatoms. The van der Waals surface area contributed by atoms with Crippen LogP contribution in [0, 0.1) is 23.7 Å². The van der Waals surface area contributed by atoms with E-state index in [0.29, 0.717) is 5.92 Å². The van der Waals surface area contributed by atoms with Gasteiger partial charge in [0.05, 0.1) is 12.3 Å². The highest BCUT2D eigenvalue weighted by Crippen LogP contribution is 2.24. The third kappa shape index (κ3) is 7.91. The summed E-state index contributed by atoms with van der Waals surface area (Å²) in [5.41, 5.74) is 6.04. The Hall–Kier alpha value is -0.120. The standard InChI is InChI=1S/C16H37N3/c1-8-9-13(6)15(11(2)3)10-18-14(7)19-16(17)12(4)5/h11-16,18-19H,8-10,17H2,1-7H3. The molecule has 0 amide bonds.